The quantitative estimate of drug-likeness (QED) is 0.781. The number of aromatic nitrogens is 2. The van der Waals surface area contributed by atoms with E-state index < -0.39 is 0 Å². The van der Waals surface area contributed by atoms with Crippen LogP contribution in [-0.4, -0.2) is 9.97 Å². The van der Waals surface area contributed by atoms with Crippen LogP contribution < -0.4 is 0 Å². The van der Waals surface area contributed by atoms with Gasteiger partial charge in [-0.1, -0.05) is 40.3 Å². The van der Waals surface area contributed by atoms with Crippen LogP contribution in [0.1, 0.15) is 17.1 Å². The van der Waals surface area contributed by atoms with Crippen LogP contribution >= 0.6 is 44.1 Å². The first-order valence-corrected chi connectivity index (χ1v) is 7.05. The van der Waals surface area contributed by atoms with Gasteiger partial charge in [0.25, 0.3) is 0 Å². The van der Waals surface area contributed by atoms with Crippen LogP contribution in [0, 0.1) is 11.6 Å². The smallest absolute Gasteiger partial charge is 0.144 e. The van der Waals surface area contributed by atoms with Crippen molar-refractivity contribution in [3.8, 4) is 0 Å². The summed E-state index contributed by atoms with van der Waals surface area (Å²) >= 11 is 12.0. The molecular weight excluding hydrogens is 364 g/mol. The fourth-order valence-corrected chi connectivity index (χ4v) is 2.23. The minimum absolute atomic E-state index is 0.605. The number of hydrogen-bond acceptors (Lipinski definition) is 2. The fourth-order valence-electron chi connectivity index (χ4n) is 1.51. The van der Waals surface area contributed by atoms with Crippen LogP contribution in [0.2, 0.25) is 0 Å². The van der Waals surface area contributed by atoms with E-state index in [-0.39, 0.29) is 0 Å². The summed E-state index contributed by atoms with van der Waals surface area (Å²) in [7, 11) is 0. The molecule has 0 bridgehead atoms. The minimum Gasteiger partial charge on any atom is -0.346 e. The largest absolute Gasteiger partial charge is 0.346 e. The number of aryl methyl sites for hydroxylation is 1. The van der Waals surface area contributed by atoms with Crippen LogP contribution in [0.15, 0.2) is 33.2 Å². The number of nitrogens with zero attached hydrogens (tertiary/aromatic N) is 1. The fraction of sp³-hybridized carbons (Fsp3) is 0.167. The number of H-pyrrole nitrogens is 1. The van der Waals surface area contributed by atoms with Gasteiger partial charge in [-0.3, -0.25) is 0 Å². The highest BCUT2D eigenvalue weighted by molar-refractivity contribution is 9.10. The van der Waals surface area contributed by atoms with Crippen LogP contribution in [0.3, 0.4) is 0 Å². The first kappa shape index (κ1) is 12.9. The van der Waals surface area contributed by atoms with E-state index in [9.17, 15) is 0 Å². The molecule has 0 fully saturated rings. The second kappa shape index (κ2) is 5.42. The predicted octanol–water partition coefficient (Wildman–Crippen LogP) is 4.56. The average molecular weight is 374 g/mol. The third-order valence-corrected chi connectivity index (χ3v) is 4.43. The standard InChI is InChI=1S/C12H10Br2N2S/c1-7-11(14)12(17)16-10(15-7)6-8-2-4-9(13)5-3-8/h2-5H,6H2,1H3,(H,15,16,17). The minimum atomic E-state index is 0.605. The Hall–Kier alpha value is -0.520. The average Bonchev–Trinajstić information content (AvgIpc) is 2.29. The summed E-state index contributed by atoms with van der Waals surface area (Å²) in [5.41, 5.74) is 2.21. The topological polar surface area (TPSA) is 28.7 Å². The van der Waals surface area contributed by atoms with E-state index in [0.29, 0.717) is 4.64 Å². The molecule has 1 N–H and O–H groups in total. The number of benzene rings is 1. The maximum atomic E-state index is 5.18. The van der Waals surface area contributed by atoms with Crippen molar-refractivity contribution in [2.75, 3.05) is 0 Å². The highest BCUT2D eigenvalue weighted by atomic mass is 79.9. The number of rotatable bonds is 2. The van der Waals surface area contributed by atoms with Crippen LogP contribution in [0.5, 0.6) is 0 Å². The third kappa shape index (κ3) is 3.24. The van der Waals surface area contributed by atoms with Crippen molar-refractivity contribution in [1.82, 2.24) is 9.97 Å². The van der Waals surface area contributed by atoms with Gasteiger partial charge < -0.3 is 4.98 Å². The Bertz CT molecular complexity index is 590. The molecule has 1 heterocycles. The first-order chi connectivity index (χ1) is 8.06. The molecule has 0 aliphatic rings. The molecule has 0 saturated carbocycles. The van der Waals surface area contributed by atoms with E-state index in [1.54, 1.807) is 0 Å². The molecule has 1 aromatic heterocycles. The Morgan fingerprint density at radius 1 is 1.24 bits per heavy atom. The Morgan fingerprint density at radius 2 is 1.88 bits per heavy atom. The van der Waals surface area contributed by atoms with Gasteiger partial charge in [-0.25, -0.2) is 4.98 Å². The van der Waals surface area contributed by atoms with Gasteiger partial charge in [-0.15, -0.1) is 0 Å². The molecule has 88 valence electrons. The molecule has 0 radical (unpaired) electrons. The number of hydrogen-bond donors (Lipinski definition) is 1. The summed E-state index contributed by atoms with van der Waals surface area (Å²) in [6, 6.07) is 8.19. The SMILES string of the molecule is Cc1[nH]c(Cc2ccc(Br)cc2)nc(=S)c1Br. The zero-order valence-electron chi connectivity index (χ0n) is 9.13. The van der Waals surface area contributed by atoms with Crippen molar-refractivity contribution >= 4 is 44.1 Å². The van der Waals surface area contributed by atoms with Gasteiger partial charge in [0.05, 0.1) is 4.47 Å². The lowest BCUT2D eigenvalue weighted by Gasteiger charge is -2.05. The summed E-state index contributed by atoms with van der Waals surface area (Å²) in [5.74, 6) is 0.887. The molecule has 0 aliphatic carbocycles. The molecule has 0 unspecified atom stereocenters. The molecule has 0 atom stereocenters. The van der Waals surface area contributed by atoms with E-state index in [4.69, 9.17) is 12.2 Å². The van der Waals surface area contributed by atoms with Gasteiger partial charge in [0.1, 0.15) is 10.5 Å². The molecule has 0 aliphatic heterocycles. The van der Waals surface area contributed by atoms with Crippen LogP contribution in [-0.2, 0) is 6.42 Å². The monoisotopic (exact) mass is 372 g/mol. The van der Waals surface area contributed by atoms with E-state index >= 15 is 0 Å². The molecule has 1 aromatic carbocycles. The Balaban J connectivity index is 2.30. The molecular formula is C12H10Br2N2S. The number of halogens is 2. The number of aromatic amines is 1. The van der Waals surface area contributed by atoms with Gasteiger partial charge >= 0.3 is 0 Å². The predicted molar refractivity (Wildman–Crippen MR) is 78.8 cm³/mol. The Morgan fingerprint density at radius 3 is 2.47 bits per heavy atom. The maximum absolute atomic E-state index is 5.18. The Labute approximate surface area is 122 Å². The molecule has 17 heavy (non-hydrogen) atoms. The van der Waals surface area contributed by atoms with E-state index in [1.807, 2.05) is 19.1 Å². The van der Waals surface area contributed by atoms with Crippen molar-refractivity contribution < 1.29 is 0 Å². The molecule has 0 saturated heterocycles. The molecule has 0 spiro atoms. The van der Waals surface area contributed by atoms with E-state index in [0.717, 1.165) is 26.9 Å². The highest BCUT2D eigenvalue weighted by Crippen LogP contribution is 2.17. The zero-order valence-corrected chi connectivity index (χ0v) is 13.1. The van der Waals surface area contributed by atoms with Crippen LogP contribution in [0.4, 0.5) is 0 Å². The van der Waals surface area contributed by atoms with Crippen molar-refractivity contribution in [3.05, 3.63) is 54.9 Å². The van der Waals surface area contributed by atoms with Gasteiger partial charge in [-0.05, 0) is 40.5 Å². The summed E-state index contributed by atoms with van der Waals surface area (Å²) in [6.07, 6.45) is 0.755. The zero-order chi connectivity index (χ0) is 12.4. The highest BCUT2D eigenvalue weighted by Gasteiger charge is 2.03. The summed E-state index contributed by atoms with van der Waals surface area (Å²) in [4.78, 5) is 7.60. The van der Waals surface area contributed by atoms with E-state index in [1.165, 1.54) is 5.56 Å². The van der Waals surface area contributed by atoms with Crippen molar-refractivity contribution in [3.63, 3.8) is 0 Å². The third-order valence-electron chi connectivity index (χ3n) is 2.37. The lowest BCUT2D eigenvalue weighted by molar-refractivity contribution is 0.926. The molecule has 5 heteroatoms. The summed E-state index contributed by atoms with van der Waals surface area (Å²) < 4.78 is 2.55. The lowest BCUT2D eigenvalue weighted by atomic mass is 10.1. The maximum Gasteiger partial charge on any atom is 0.144 e. The lowest BCUT2D eigenvalue weighted by Crippen LogP contribution is -1.99. The molecule has 2 nitrogen and oxygen atoms in total. The number of nitrogens with one attached hydrogen (secondary N) is 1. The normalized spacial score (nSPS) is 10.5. The van der Waals surface area contributed by atoms with Crippen molar-refractivity contribution in [2.24, 2.45) is 0 Å². The Kier molecular flexibility index (Phi) is 4.12. The molecule has 2 aromatic rings. The molecule has 0 amide bonds. The van der Waals surface area contributed by atoms with Crippen molar-refractivity contribution in [2.45, 2.75) is 13.3 Å². The first-order valence-electron chi connectivity index (χ1n) is 5.06. The van der Waals surface area contributed by atoms with Crippen LogP contribution in [0.25, 0.3) is 0 Å². The second-order valence-electron chi connectivity index (χ2n) is 3.73. The van der Waals surface area contributed by atoms with E-state index in [2.05, 4.69) is 54.0 Å². The van der Waals surface area contributed by atoms with Gasteiger partial charge in [-0.2, -0.15) is 0 Å². The summed E-state index contributed by atoms with van der Waals surface area (Å²) in [5, 5.41) is 0. The van der Waals surface area contributed by atoms with Gasteiger partial charge in [0.2, 0.25) is 0 Å². The second-order valence-corrected chi connectivity index (χ2v) is 5.83. The summed E-state index contributed by atoms with van der Waals surface area (Å²) in [6.45, 7) is 1.98. The van der Waals surface area contributed by atoms with Gasteiger partial charge in [0, 0.05) is 16.6 Å². The van der Waals surface area contributed by atoms with Gasteiger partial charge in [0.15, 0.2) is 0 Å². The van der Waals surface area contributed by atoms with Crippen molar-refractivity contribution in [1.29, 1.82) is 0 Å². The molecule has 2 rings (SSSR count).